The molecule has 0 amide bonds. The van der Waals surface area contributed by atoms with Gasteiger partial charge in [-0.15, -0.1) is 0 Å². The molecule has 5 rings (SSSR count). The van der Waals surface area contributed by atoms with Crippen molar-refractivity contribution in [3.8, 4) is 11.6 Å². The van der Waals surface area contributed by atoms with E-state index in [0.29, 0.717) is 30.0 Å². The van der Waals surface area contributed by atoms with Crippen molar-refractivity contribution in [2.45, 2.75) is 25.8 Å². The molecule has 3 aromatic rings. The molecule has 3 heterocycles. The number of piperazine rings is 1. The molecule has 2 fully saturated rings. The topological polar surface area (TPSA) is 98.3 Å². The Morgan fingerprint density at radius 3 is 2.69 bits per heavy atom. The lowest BCUT2D eigenvalue weighted by Gasteiger charge is -2.34. The van der Waals surface area contributed by atoms with Crippen LogP contribution in [0.2, 0.25) is 0 Å². The van der Waals surface area contributed by atoms with E-state index in [-0.39, 0.29) is 28.7 Å². The van der Waals surface area contributed by atoms with Gasteiger partial charge in [0.1, 0.15) is 12.0 Å². The maximum absolute atomic E-state index is 15.5. The van der Waals surface area contributed by atoms with Crippen molar-refractivity contribution < 1.29 is 18.3 Å². The largest absolute Gasteiger partial charge is 0.433 e. The number of aryl methyl sites for hydroxylation is 1. The fraction of sp³-hybridized carbons (Fsp3) is 0.346. The number of fused-ring (bicyclic) bond motifs is 1. The van der Waals surface area contributed by atoms with Crippen LogP contribution in [0.1, 0.15) is 35.1 Å². The first kappa shape index (κ1) is 24.1. The number of aromatic nitrogens is 3. The van der Waals surface area contributed by atoms with Gasteiger partial charge in [-0.3, -0.25) is 9.36 Å². The number of nitrogens with one attached hydrogen (secondary N) is 1. The summed E-state index contributed by atoms with van der Waals surface area (Å²) in [6.45, 7) is 8.46. The Balaban J connectivity index is 1.45. The molecule has 1 aromatic carbocycles. The van der Waals surface area contributed by atoms with E-state index in [2.05, 4.69) is 26.8 Å². The zero-order valence-electron chi connectivity index (χ0n) is 20.0. The number of nitrogens with zero attached hydrogens (tertiary/aromatic N) is 4. The summed E-state index contributed by atoms with van der Waals surface area (Å²) in [4.78, 5) is 22.7. The third-order valence-electron chi connectivity index (χ3n) is 6.59. The van der Waals surface area contributed by atoms with Crippen LogP contribution in [0, 0.1) is 24.5 Å². The summed E-state index contributed by atoms with van der Waals surface area (Å²) in [5.74, 6) is -2.26. The highest BCUT2D eigenvalue weighted by Gasteiger charge is 2.33. The lowest BCUT2D eigenvalue weighted by Crippen LogP contribution is -2.45. The van der Waals surface area contributed by atoms with Gasteiger partial charge in [-0.1, -0.05) is 12.7 Å². The minimum atomic E-state index is -0.899. The van der Waals surface area contributed by atoms with Gasteiger partial charge in [0.2, 0.25) is 11.7 Å². The van der Waals surface area contributed by atoms with E-state index >= 15 is 8.78 Å². The number of benzene rings is 1. The fourth-order valence-corrected chi connectivity index (χ4v) is 4.59. The van der Waals surface area contributed by atoms with Gasteiger partial charge in [0.05, 0.1) is 11.6 Å². The van der Waals surface area contributed by atoms with E-state index in [9.17, 15) is 4.79 Å². The molecule has 1 saturated carbocycles. The average Bonchev–Trinajstić information content (AvgIpc) is 3.68. The van der Waals surface area contributed by atoms with Crippen LogP contribution >= 0.6 is 0 Å². The first-order valence-electron chi connectivity index (χ1n) is 12.0. The third-order valence-corrected chi connectivity index (χ3v) is 6.59. The standard InChI is InChI=1S/C26H28F2N6O2/c1-3-4-19(33-11-9-30-10-12-33)23(29)24-22(28)25(32-14-31-24)36-20-8-7-18-17(21(20)27)13-15(2)34(18)26(35)16-5-6-16/h3-4,7-8,13-14,16,23,30H,1,5-6,9-12,29H2,2H3/b19-4+. The highest BCUT2D eigenvalue weighted by Crippen LogP contribution is 2.36. The van der Waals surface area contributed by atoms with E-state index in [4.69, 9.17) is 10.5 Å². The van der Waals surface area contributed by atoms with Gasteiger partial charge in [-0.2, -0.15) is 9.37 Å². The van der Waals surface area contributed by atoms with Gasteiger partial charge in [0.25, 0.3) is 5.88 Å². The Hall–Kier alpha value is -3.63. The smallest absolute Gasteiger partial charge is 0.259 e. The zero-order chi connectivity index (χ0) is 25.4. The van der Waals surface area contributed by atoms with E-state index in [1.807, 2.05) is 0 Å². The number of ether oxygens (including phenoxy) is 1. The molecule has 188 valence electrons. The third kappa shape index (κ3) is 4.38. The molecule has 8 nitrogen and oxygen atoms in total. The summed E-state index contributed by atoms with van der Waals surface area (Å²) in [5.41, 5.74) is 8.12. The van der Waals surface area contributed by atoms with Gasteiger partial charge in [0.15, 0.2) is 11.6 Å². The van der Waals surface area contributed by atoms with Gasteiger partial charge >= 0.3 is 0 Å². The molecule has 0 bridgehead atoms. The van der Waals surface area contributed by atoms with Crippen molar-refractivity contribution in [1.29, 1.82) is 0 Å². The second-order valence-electron chi connectivity index (χ2n) is 9.07. The second-order valence-corrected chi connectivity index (χ2v) is 9.07. The highest BCUT2D eigenvalue weighted by molar-refractivity contribution is 5.96. The number of rotatable bonds is 7. The first-order chi connectivity index (χ1) is 17.4. The predicted molar refractivity (Wildman–Crippen MR) is 132 cm³/mol. The van der Waals surface area contributed by atoms with E-state index in [1.54, 1.807) is 31.2 Å². The van der Waals surface area contributed by atoms with Crippen molar-refractivity contribution in [3.63, 3.8) is 0 Å². The minimum Gasteiger partial charge on any atom is -0.433 e. The first-order valence-corrected chi connectivity index (χ1v) is 12.0. The molecular formula is C26H28F2N6O2. The van der Waals surface area contributed by atoms with Crippen LogP contribution in [0.3, 0.4) is 0 Å². The summed E-state index contributed by atoms with van der Waals surface area (Å²) < 4.78 is 38.0. The lowest BCUT2D eigenvalue weighted by atomic mass is 10.1. The Morgan fingerprint density at radius 2 is 2.00 bits per heavy atom. The molecule has 1 aliphatic carbocycles. The van der Waals surface area contributed by atoms with Crippen LogP contribution in [-0.2, 0) is 0 Å². The van der Waals surface area contributed by atoms with Crippen molar-refractivity contribution in [3.05, 3.63) is 72.0 Å². The summed E-state index contributed by atoms with van der Waals surface area (Å²) in [5, 5.41) is 3.49. The van der Waals surface area contributed by atoms with E-state index in [1.165, 1.54) is 10.6 Å². The number of nitrogens with two attached hydrogens (primary N) is 1. The molecule has 0 spiro atoms. The fourth-order valence-electron chi connectivity index (χ4n) is 4.59. The zero-order valence-corrected chi connectivity index (χ0v) is 20.0. The number of carbonyl (C=O) groups is 1. The maximum atomic E-state index is 15.5. The van der Waals surface area contributed by atoms with E-state index < -0.39 is 23.6 Å². The van der Waals surface area contributed by atoms with E-state index in [0.717, 1.165) is 32.3 Å². The average molecular weight is 495 g/mol. The molecule has 1 unspecified atom stereocenters. The molecular weight excluding hydrogens is 466 g/mol. The van der Waals surface area contributed by atoms with Crippen LogP contribution < -0.4 is 15.8 Å². The minimum absolute atomic E-state index is 0.0164. The van der Waals surface area contributed by atoms with Gasteiger partial charge in [-0.25, -0.2) is 9.37 Å². The Labute approximate surface area is 207 Å². The number of hydrogen-bond donors (Lipinski definition) is 2. The Morgan fingerprint density at radius 1 is 1.25 bits per heavy atom. The number of hydrogen-bond acceptors (Lipinski definition) is 7. The monoisotopic (exact) mass is 494 g/mol. The van der Waals surface area contributed by atoms with Crippen molar-refractivity contribution in [1.82, 2.24) is 24.8 Å². The molecule has 10 heteroatoms. The van der Waals surface area contributed by atoms with Crippen molar-refractivity contribution >= 4 is 16.8 Å². The van der Waals surface area contributed by atoms with Crippen LogP contribution in [0.25, 0.3) is 10.9 Å². The van der Waals surface area contributed by atoms with Gasteiger partial charge in [0, 0.05) is 48.9 Å². The number of allylic oxidation sites excluding steroid dienone is 2. The summed E-state index contributed by atoms with van der Waals surface area (Å²) in [6.07, 6.45) is 6.17. The highest BCUT2D eigenvalue weighted by atomic mass is 19.1. The Kier molecular flexibility index (Phi) is 6.55. The maximum Gasteiger partial charge on any atom is 0.259 e. The van der Waals surface area contributed by atoms with Crippen LogP contribution in [0.15, 0.2) is 49.0 Å². The molecule has 0 radical (unpaired) electrons. The predicted octanol–water partition coefficient (Wildman–Crippen LogP) is 3.84. The van der Waals surface area contributed by atoms with Crippen LogP contribution in [0.4, 0.5) is 8.78 Å². The molecule has 36 heavy (non-hydrogen) atoms. The van der Waals surface area contributed by atoms with Gasteiger partial charge in [-0.05, 0) is 44.0 Å². The molecule has 1 saturated heterocycles. The molecule has 1 aliphatic heterocycles. The number of carbonyl (C=O) groups excluding carboxylic acids is 1. The number of halogens is 2. The SMILES string of the molecule is C=C/C=C(\C(N)c1ncnc(Oc2ccc3c(cc(C)n3C(=O)C3CC3)c2F)c1F)N1CCNCC1. The van der Waals surface area contributed by atoms with Crippen molar-refractivity contribution in [2.24, 2.45) is 11.7 Å². The second kappa shape index (κ2) is 9.79. The summed E-state index contributed by atoms with van der Waals surface area (Å²) >= 11 is 0. The quantitative estimate of drug-likeness (QED) is 0.482. The lowest BCUT2D eigenvalue weighted by molar-refractivity contribution is 0.0889. The molecule has 2 aliphatic rings. The Bertz CT molecular complexity index is 1360. The van der Waals surface area contributed by atoms with Crippen LogP contribution in [-0.4, -0.2) is 51.5 Å². The summed E-state index contributed by atoms with van der Waals surface area (Å²) in [7, 11) is 0. The van der Waals surface area contributed by atoms with Gasteiger partial charge < -0.3 is 20.7 Å². The van der Waals surface area contributed by atoms with Crippen molar-refractivity contribution in [2.75, 3.05) is 26.2 Å². The molecule has 3 N–H and O–H groups in total. The molecule has 2 aromatic heterocycles. The molecule has 1 atom stereocenters. The summed E-state index contributed by atoms with van der Waals surface area (Å²) in [6, 6.07) is 3.67. The normalized spacial score (nSPS) is 17.3. The van der Waals surface area contributed by atoms with Crippen LogP contribution in [0.5, 0.6) is 11.6 Å².